The van der Waals surface area contributed by atoms with Crippen molar-refractivity contribution in [3.05, 3.63) is 42.0 Å². The Morgan fingerprint density at radius 3 is 2.62 bits per heavy atom. The number of aryl methyl sites for hydroxylation is 2. The van der Waals surface area contributed by atoms with Crippen molar-refractivity contribution in [2.24, 2.45) is 11.8 Å². The monoisotopic (exact) mass is 397 g/mol. The number of nitrogens with zero attached hydrogens (tertiary/aromatic N) is 2. The van der Waals surface area contributed by atoms with Crippen LogP contribution in [-0.4, -0.2) is 35.7 Å². The van der Waals surface area contributed by atoms with Gasteiger partial charge in [-0.3, -0.25) is 4.79 Å². The van der Waals surface area contributed by atoms with Crippen molar-refractivity contribution < 1.29 is 14.3 Å². The van der Waals surface area contributed by atoms with Crippen molar-refractivity contribution >= 4 is 5.91 Å². The number of hydrogen-bond donors (Lipinski definition) is 1. The van der Waals surface area contributed by atoms with Gasteiger partial charge in [0.15, 0.2) is 11.5 Å². The van der Waals surface area contributed by atoms with Gasteiger partial charge in [-0.25, -0.2) is 4.98 Å². The van der Waals surface area contributed by atoms with Crippen LogP contribution in [0.2, 0.25) is 0 Å². The quantitative estimate of drug-likeness (QED) is 0.774. The van der Waals surface area contributed by atoms with Gasteiger partial charge in [0.05, 0.1) is 14.2 Å². The predicted octanol–water partition coefficient (Wildman–Crippen LogP) is 3.69. The third-order valence-electron chi connectivity index (χ3n) is 6.81. The molecule has 1 N–H and O–H groups in total. The number of amides is 1. The minimum atomic E-state index is 0.123. The minimum Gasteiger partial charge on any atom is -0.493 e. The van der Waals surface area contributed by atoms with E-state index in [4.69, 9.17) is 9.47 Å². The Balaban J connectivity index is 1.48. The molecule has 1 aromatic heterocycles. The summed E-state index contributed by atoms with van der Waals surface area (Å²) in [4.78, 5) is 17.0. The summed E-state index contributed by atoms with van der Waals surface area (Å²) in [7, 11) is 3.33. The second-order valence-corrected chi connectivity index (χ2v) is 8.26. The van der Waals surface area contributed by atoms with Gasteiger partial charge >= 0.3 is 0 Å². The van der Waals surface area contributed by atoms with E-state index < -0.39 is 0 Å². The van der Waals surface area contributed by atoms with Crippen molar-refractivity contribution in [2.75, 3.05) is 14.2 Å². The summed E-state index contributed by atoms with van der Waals surface area (Å²) in [5.74, 6) is 4.13. The number of methoxy groups -OCH3 is 2. The Morgan fingerprint density at radius 1 is 1.17 bits per heavy atom. The van der Waals surface area contributed by atoms with E-state index in [1.807, 2.05) is 23.8 Å². The Kier molecular flexibility index (Phi) is 5.79. The number of benzene rings is 1. The Hall–Kier alpha value is -2.50. The van der Waals surface area contributed by atoms with Crippen LogP contribution in [0.1, 0.15) is 49.4 Å². The van der Waals surface area contributed by atoms with Crippen molar-refractivity contribution in [3.8, 4) is 11.5 Å². The van der Waals surface area contributed by atoms with E-state index in [1.54, 1.807) is 20.4 Å². The first-order valence-corrected chi connectivity index (χ1v) is 10.6. The molecule has 2 aliphatic rings. The SMILES string of the molecule is COc1ccc([C@H]2C3CCCCC3[C@@H]2NC(=O)CCn2ccnc2C)cc1OC. The number of carbonyl (C=O) groups excluding carboxylic acids is 1. The van der Waals surface area contributed by atoms with Crippen LogP contribution in [-0.2, 0) is 11.3 Å². The van der Waals surface area contributed by atoms with Gasteiger partial charge in [-0.2, -0.15) is 0 Å². The van der Waals surface area contributed by atoms with Gasteiger partial charge in [-0.05, 0) is 49.3 Å². The number of rotatable bonds is 7. The summed E-state index contributed by atoms with van der Waals surface area (Å²) >= 11 is 0. The molecular formula is C23H31N3O3. The topological polar surface area (TPSA) is 65.4 Å². The van der Waals surface area contributed by atoms with E-state index >= 15 is 0 Å². The van der Waals surface area contributed by atoms with E-state index in [1.165, 1.54) is 31.2 Å². The largest absolute Gasteiger partial charge is 0.493 e. The van der Waals surface area contributed by atoms with Gasteiger partial charge < -0.3 is 19.4 Å². The molecule has 2 fully saturated rings. The number of ether oxygens (including phenoxy) is 2. The molecule has 2 aromatic rings. The molecule has 156 valence electrons. The fourth-order valence-corrected chi connectivity index (χ4v) is 5.30. The molecule has 1 aromatic carbocycles. The molecule has 2 unspecified atom stereocenters. The third-order valence-corrected chi connectivity index (χ3v) is 6.81. The Bertz CT molecular complexity index is 863. The van der Waals surface area contributed by atoms with Crippen LogP contribution in [0.3, 0.4) is 0 Å². The molecule has 0 aliphatic heterocycles. The maximum absolute atomic E-state index is 12.7. The first-order chi connectivity index (χ1) is 14.1. The fourth-order valence-electron chi connectivity index (χ4n) is 5.30. The van der Waals surface area contributed by atoms with Crippen LogP contribution < -0.4 is 14.8 Å². The minimum absolute atomic E-state index is 0.123. The zero-order valence-electron chi connectivity index (χ0n) is 17.6. The van der Waals surface area contributed by atoms with Gasteiger partial charge in [-0.1, -0.05) is 18.9 Å². The summed E-state index contributed by atoms with van der Waals surface area (Å²) in [5, 5.41) is 3.37. The molecule has 0 saturated heterocycles. The number of aromatic nitrogens is 2. The molecule has 4 atom stereocenters. The zero-order chi connectivity index (χ0) is 20.4. The molecule has 0 bridgehead atoms. The lowest BCUT2D eigenvalue weighted by Gasteiger charge is -2.55. The van der Waals surface area contributed by atoms with E-state index in [0.29, 0.717) is 30.7 Å². The van der Waals surface area contributed by atoms with Crippen LogP contribution in [0.5, 0.6) is 11.5 Å². The van der Waals surface area contributed by atoms with Gasteiger partial charge in [-0.15, -0.1) is 0 Å². The number of nitrogens with one attached hydrogen (secondary N) is 1. The molecular weight excluding hydrogens is 366 g/mol. The van der Waals surface area contributed by atoms with Crippen LogP contribution in [0.25, 0.3) is 0 Å². The van der Waals surface area contributed by atoms with Gasteiger partial charge in [0.25, 0.3) is 0 Å². The van der Waals surface area contributed by atoms with Crippen molar-refractivity contribution in [1.82, 2.24) is 14.9 Å². The maximum atomic E-state index is 12.7. The fraction of sp³-hybridized carbons (Fsp3) is 0.565. The highest BCUT2D eigenvalue weighted by Crippen LogP contribution is 2.55. The number of hydrogen-bond acceptors (Lipinski definition) is 4. The second kappa shape index (κ2) is 8.47. The summed E-state index contributed by atoms with van der Waals surface area (Å²) in [5.41, 5.74) is 1.24. The second-order valence-electron chi connectivity index (χ2n) is 8.26. The van der Waals surface area contributed by atoms with Crippen molar-refractivity contribution in [3.63, 3.8) is 0 Å². The molecule has 2 aliphatic carbocycles. The molecule has 4 rings (SSSR count). The molecule has 0 spiro atoms. The smallest absolute Gasteiger partial charge is 0.222 e. The van der Waals surface area contributed by atoms with Gasteiger partial charge in [0.1, 0.15) is 5.82 Å². The number of fused-ring (bicyclic) bond motifs is 1. The molecule has 29 heavy (non-hydrogen) atoms. The lowest BCUT2D eigenvalue weighted by Crippen LogP contribution is -2.59. The van der Waals surface area contributed by atoms with E-state index in [-0.39, 0.29) is 11.9 Å². The lowest BCUT2D eigenvalue weighted by molar-refractivity contribution is -0.125. The average Bonchev–Trinajstić information content (AvgIpc) is 3.15. The van der Waals surface area contributed by atoms with Crippen LogP contribution >= 0.6 is 0 Å². The van der Waals surface area contributed by atoms with E-state index in [2.05, 4.69) is 22.4 Å². The Morgan fingerprint density at radius 2 is 1.93 bits per heavy atom. The molecule has 1 amide bonds. The number of carbonyl (C=O) groups is 1. The molecule has 2 saturated carbocycles. The third kappa shape index (κ3) is 3.85. The molecule has 0 radical (unpaired) electrons. The summed E-state index contributed by atoms with van der Waals surface area (Å²) in [6, 6.07) is 6.40. The first-order valence-electron chi connectivity index (χ1n) is 10.6. The van der Waals surface area contributed by atoms with Crippen molar-refractivity contribution in [2.45, 2.75) is 57.5 Å². The highest BCUT2D eigenvalue weighted by Gasteiger charge is 2.51. The average molecular weight is 398 g/mol. The lowest BCUT2D eigenvalue weighted by atomic mass is 9.53. The zero-order valence-corrected chi connectivity index (χ0v) is 17.6. The highest BCUT2D eigenvalue weighted by molar-refractivity contribution is 5.76. The van der Waals surface area contributed by atoms with Crippen LogP contribution in [0, 0.1) is 18.8 Å². The standard InChI is InChI=1S/C23H31N3O3/c1-15-24-11-13-26(15)12-10-21(27)25-23-18-7-5-4-6-17(18)22(23)16-8-9-19(28-2)20(14-16)29-3/h8-9,11,13-14,17-18,22-23H,4-7,10,12H2,1-3H3,(H,25,27)/t17?,18?,22-,23-/m0/s1. The highest BCUT2D eigenvalue weighted by atomic mass is 16.5. The van der Waals surface area contributed by atoms with Crippen LogP contribution in [0.15, 0.2) is 30.6 Å². The summed E-state index contributed by atoms with van der Waals surface area (Å²) in [6.45, 7) is 2.63. The summed E-state index contributed by atoms with van der Waals surface area (Å²) in [6.07, 6.45) is 9.18. The predicted molar refractivity (Wildman–Crippen MR) is 111 cm³/mol. The van der Waals surface area contributed by atoms with Gasteiger partial charge in [0.2, 0.25) is 5.91 Å². The molecule has 1 heterocycles. The van der Waals surface area contributed by atoms with E-state index in [0.717, 1.165) is 17.3 Å². The molecule has 6 nitrogen and oxygen atoms in total. The first kappa shape index (κ1) is 19.8. The van der Waals surface area contributed by atoms with Crippen LogP contribution in [0.4, 0.5) is 0 Å². The van der Waals surface area contributed by atoms with E-state index in [9.17, 15) is 4.79 Å². The molecule has 6 heteroatoms. The summed E-state index contributed by atoms with van der Waals surface area (Å²) < 4.78 is 12.9. The maximum Gasteiger partial charge on any atom is 0.222 e. The Labute approximate surface area is 172 Å². The van der Waals surface area contributed by atoms with Gasteiger partial charge in [0, 0.05) is 37.3 Å². The van der Waals surface area contributed by atoms with Crippen molar-refractivity contribution in [1.29, 1.82) is 0 Å². The number of imidazole rings is 1. The normalized spacial score (nSPS) is 25.6.